The van der Waals surface area contributed by atoms with Crippen molar-refractivity contribution in [2.75, 3.05) is 6.61 Å². The smallest absolute Gasteiger partial charge is 0.304 e. The van der Waals surface area contributed by atoms with Gasteiger partial charge in [-0.05, 0) is 0 Å². The molecule has 1 fully saturated rings. The molecule has 5 atom stereocenters. The molecule has 0 spiro atoms. The highest BCUT2D eigenvalue weighted by Crippen LogP contribution is 2.26. The maximum atomic E-state index is 11.3. The highest BCUT2D eigenvalue weighted by molar-refractivity contribution is 5.68. The minimum Gasteiger partial charge on any atom is -0.463 e. The first kappa shape index (κ1) is 19.8. The molecule has 10 nitrogen and oxygen atoms in total. The van der Waals surface area contributed by atoms with Crippen LogP contribution in [0.4, 0.5) is 0 Å². The van der Waals surface area contributed by atoms with E-state index in [1.807, 2.05) is 0 Å². The second kappa shape index (κ2) is 8.60. The van der Waals surface area contributed by atoms with Crippen LogP contribution >= 0.6 is 0 Å². The molecule has 0 aromatic rings. The summed E-state index contributed by atoms with van der Waals surface area (Å²) in [6.45, 7) is 4.32. The predicted molar refractivity (Wildman–Crippen MR) is 76.1 cm³/mol. The average molecular weight is 347 g/mol. The van der Waals surface area contributed by atoms with E-state index in [0.717, 1.165) is 20.8 Å². The molecule has 1 aliphatic rings. The fourth-order valence-electron chi connectivity index (χ4n) is 2.20. The van der Waals surface area contributed by atoms with Crippen LogP contribution in [0, 0.1) is 0 Å². The van der Waals surface area contributed by atoms with Crippen molar-refractivity contribution in [2.24, 2.45) is 5.73 Å². The van der Waals surface area contributed by atoms with Gasteiger partial charge in [0.05, 0.1) is 0 Å². The number of carbonyl (C=O) groups is 4. The number of rotatable bonds is 5. The summed E-state index contributed by atoms with van der Waals surface area (Å²) in [5, 5.41) is 0. The summed E-state index contributed by atoms with van der Waals surface area (Å²) in [4.78, 5) is 44.9. The van der Waals surface area contributed by atoms with Crippen LogP contribution in [0.3, 0.4) is 0 Å². The number of hydrogen-bond acceptors (Lipinski definition) is 10. The second-order valence-corrected chi connectivity index (χ2v) is 5.18. The predicted octanol–water partition coefficient (Wildman–Crippen LogP) is -0.972. The maximum Gasteiger partial charge on any atom is 0.304 e. The van der Waals surface area contributed by atoms with Crippen LogP contribution in [0.2, 0.25) is 0 Å². The first-order valence-corrected chi connectivity index (χ1v) is 7.18. The largest absolute Gasteiger partial charge is 0.463 e. The number of carbonyl (C=O) groups excluding carboxylic acids is 4. The van der Waals surface area contributed by atoms with Gasteiger partial charge in [0.15, 0.2) is 12.2 Å². The van der Waals surface area contributed by atoms with Crippen molar-refractivity contribution in [1.82, 2.24) is 0 Å². The molecule has 0 aromatic carbocycles. The molecule has 10 heteroatoms. The molecular weight excluding hydrogens is 326 g/mol. The zero-order valence-corrected chi connectivity index (χ0v) is 13.8. The number of ether oxygens (including phenoxy) is 5. The van der Waals surface area contributed by atoms with Crippen molar-refractivity contribution in [2.45, 2.75) is 58.3 Å². The standard InChI is InChI=1S/C14H21NO9/c1-6(16)20-5-10-12(21-7(2)17)13(22-8(3)18)11(15)14(24-10)23-9(4)19/h10-14H,5,15H2,1-4H3/t10?,11-,12+,13?,14?/m0/s1. The zero-order valence-electron chi connectivity index (χ0n) is 13.8. The van der Waals surface area contributed by atoms with Crippen LogP contribution in [-0.2, 0) is 42.9 Å². The van der Waals surface area contributed by atoms with Crippen LogP contribution in [0.15, 0.2) is 0 Å². The average Bonchev–Trinajstić information content (AvgIpc) is 2.42. The van der Waals surface area contributed by atoms with Crippen LogP contribution < -0.4 is 5.73 Å². The molecule has 1 rings (SSSR count). The van der Waals surface area contributed by atoms with Gasteiger partial charge < -0.3 is 29.4 Å². The van der Waals surface area contributed by atoms with Gasteiger partial charge in [-0.2, -0.15) is 0 Å². The highest BCUT2D eigenvalue weighted by atomic mass is 16.7. The van der Waals surface area contributed by atoms with E-state index >= 15 is 0 Å². The SMILES string of the molecule is CC(=O)OCC1OC(OC(C)=O)[C@@H](N)C(OC(C)=O)[C@@H]1OC(C)=O. The monoisotopic (exact) mass is 347 g/mol. The van der Waals surface area contributed by atoms with E-state index in [1.165, 1.54) is 6.92 Å². The Hall–Kier alpha value is -2.20. The molecule has 0 aromatic heterocycles. The van der Waals surface area contributed by atoms with Crippen LogP contribution in [0.5, 0.6) is 0 Å². The Bertz CT molecular complexity index is 490. The summed E-state index contributed by atoms with van der Waals surface area (Å²) in [5.74, 6) is -2.62. The molecular formula is C14H21NO9. The molecule has 3 unspecified atom stereocenters. The summed E-state index contributed by atoms with van der Waals surface area (Å²) in [6, 6.07) is -1.10. The highest BCUT2D eigenvalue weighted by Gasteiger charge is 2.50. The Morgan fingerprint density at radius 1 is 0.833 bits per heavy atom. The van der Waals surface area contributed by atoms with Crippen LogP contribution in [0.1, 0.15) is 27.7 Å². The lowest BCUT2D eigenvalue weighted by atomic mass is 9.97. The van der Waals surface area contributed by atoms with Gasteiger partial charge in [0, 0.05) is 27.7 Å². The Labute approximate surface area is 138 Å². The van der Waals surface area contributed by atoms with E-state index in [1.54, 1.807) is 0 Å². The van der Waals surface area contributed by atoms with E-state index in [2.05, 4.69) is 0 Å². The van der Waals surface area contributed by atoms with E-state index in [9.17, 15) is 19.2 Å². The van der Waals surface area contributed by atoms with Gasteiger partial charge >= 0.3 is 23.9 Å². The third kappa shape index (κ3) is 5.78. The molecule has 1 heterocycles. The molecule has 0 saturated carbocycles. The number of nitrogens with two attached hydrogens (primary N) is 1. The zero-order chi connectivity index (χ0) is 18.4. The van der Waals surface area contributed by atoms with Crippen LogP contribution in [-0.4, -0.2) is 61.1 Å². The van der Waals surface area contributed by atoms with Gasteiger partial charge in [-0.15, -0.1) is 0 Å². The fraction of sp³-hybridized carbons (Fsp3) is 0.714. The quantitative estimate of drug-likeness (QED) is 0.487. The summed E-state index contributed by atoms with van der Waals surface area (Å²) < 4.78 is 25.5. The summed E-state index contributed by atoms with van der Waals surface area (Å²) in [7, 11) is 0. The molecule has 136 valence electrons. The van der Waals surface area contributed by atoms with Gasteiger partial charge in [0.25, 0.3) is 0 Å². The molecule has 1 saturated heterocycles. The number of hydrogen-bond donors (Lipinski definition) is 1. The van der Waals surface area contributed by atoms with Gasteiger partial charge in [-0.3, -0.25) is 19.2 Å². The van der Waals surface area contributed by atoms with Gasteiger partial charge in [0.2, 0.25) is 6.29 Å². The first-order valence-electron chi connectivity index (χ1n) is 7.18. The molecule has 1 aliphatic heterocycles. The van der Waals surface area contributed by atoms with E-state index in [4.69, 9.17) is 29.4 Å². The Morgan fingerprint density at radius 3 is 1.79 bits per heavy atom. The van der Waals surface area contributed by atoms with Gasteiger partial charge in [-0.1, -0.05) is 0 Å². The van der Waals surface area contributed by atoms with E-state index in [0.29, 0.717) is 0 Å². The van der Waals surface area contributed by atoms with Crippen molar-refractivity contribution in [3.63, 3.8) is 0 Å². The summed E-state index contributed by atoms with van der Waals surface area (Å²) >= 11 is 0. The van der Waals surface area contributed by atoms with Crippen molar-refractivity contribution in [1.29, 1.82) is 0 Å². The third-order valence-corrected chi connectivity index (χ3v) is 3.03. The lowest BCUT2D eigenvalue weighted by Gasteiger charge is -2.42. The number of esters is 4. The normalized spacial score (nSPS) is 29.3. The Kier molecular flexibility index (Phi) is 7.11. The minimum absolute atomic E-state index is 0.310. The molecule has 0 radical (unpaired) electrons. The van der Waals surface area contributed by atoms with Gasteiger partial charge in [-0.25, -0.2) is 0 Å². The van der Waals surface area contributed by atoms with E-state index in [-0.39, 0.29) is 6.61 Å². The lowest BCUT2D eigenvalue weighted by molar-refractivity contribution is -0.267. The van der Waals surface area contributed by atoms with Gasteiger partial charge in [0.1, 0.15) is 18.8 Å². The molecule has 0 aliphatic carbocycles. The molecule has 24 heavy (non-hydrogen) atoms. The minimum atomic E-state index is -1.26. The maximum absolute atomic E-state index is 11.3. The van der Waals surface area contributed by atoms with Crippen molar-refractivity contribution < 1.29 is 42.9 Å². The summed E-state index contributed by atoms with van der Waals surface area (Å²) in [5.41, 5.74) is 5.93. The molecule has 0 bridgehead atoms. The molecule has 0 amide bonds. The topological polar surface area (TPSA) is 140 Å². The second-order valence-electron chi connectivity index (χ2n) is 5.18. The van der Waals surface area contributed by atoms with Crippen molar-refractivity contribution in [3.05, 3.63) is 0 Å². The van der Waals surface area contributed by atoms with Crippen molar-refractivity contribution >= 4 is 23.9 Å². The van der Waals surface area contributed by atoms with E-state index < -0.39 is 54.5 Å². The first-order chi connectivity index (χ1) is 11.1. The lowest BCUT2D eigenvalue weighted by Crippen LogP contribution is -2.65. The Morgan fingerprint density at radius 2 is 1.33 bits per heavy atom. The third-order valence-electron chi connectivity index (χ3n) is 3.03. The Balaban J connectivity index is 3.08. The fourth-order valence-corrected chi connectivity index (χ4v) is 2.20. The van der Waals surface area contributed by atoms with Crippen LogP contribution in [0.25, 0.3) is 0 Å². The molecule has 2 N–H and O–H groups in total. The summed E-state index contributed by atoms with van der Waals surface area (Å²) in [6.07, 6.45) is -4.58. The van der Waals surface area contributed by atoms with Crippen molar-refractivity contribution in [3.8, 4) is 0 Å².